The quantitative estimate of drug-likeness (QED) is 0.258. The van der Waals surface area contributed by atoms with E-state index in [0.717, 1.165) is 4.57 Å². The van der Waals surface area contributed by atoms with Crippen LogP contribution in [0.3, 0.4) is 0 Å². The van der Waals surface area contributed by atoms with Crippen LogP contribution in [0.15, 0.2) is 66.3 Å². The molecule has 0 bridgehead atoms. The van der Waals surface area contributed by atoms with Crippen molar-refractivity contribution in [1.82, 2.24) is 24.4 Å². The molecule has 2 atom stereocenters. The molecule has 1 aliphatic rings. The average molecular weight is 590 g/mol. The Hall–Kier alpha value is -4.73. The van der Waals surface area contributed by atoms with Crippen molar-refractivity contribution in [3.05, 3.63) is 94.7 Å². The van der Waals surface area contributed by atoms with Crippen molar-refractivity contribution >= 4 is 28.8 Å². The van der Waals surface area contributed by atoms with Crippen molar-refractivity contribution < 1.29 is 20.4 Å². The number of aromatic nitrogens is 4. The van der Waals surface area contributed by atoms with Crippen molar-refractivity contribution in [2.45, 2.75) is 52.5 Å². The van der Waals surface area contributed by atoms with Gasteiger partial charge in [0.05, 0.1) is 19.5 Å². The minimum Gasteiger partial charge on any atom is -0.347 e. The molecule has 1 fully saturated rings. The number of piperazine rings is 1. The second-order valence-corrected chi connectivity index (χ2v) is 10.9. The number of hydrogen-bond acceptors (Lipinski definition) is 6. The molecule has 1 aromatic carbocycles. The maximum absolute atomic E-state index is 16.3. The summed E-state index contributed by atoms with van der Waals surface area (Å²) in [5.41, 5.74) is -0.580. The lowest BCUT2D eigenvalue weighted by Crippen LogP contribution is -2.59. The summed E-state index contributed by atoms with van der Waals surface area (Å²) in [5.74, 6) is -3.06. The number of benzene rings is 1. The van der Waals surface area contributed by atoms with Crippen molar-refractivity contribution in [3.8, 4) is 16.9 Å². The molecular formula is C33H34F2N6O2. The van der Waals surface area contributed by atoms with Crippen molar-refractivity contribution in [2.75, 3.05) is 18.0 Å². The Bertz CT molecular complexity index is 2010. The highest BCUT2D eigenvalue weighted by atomic mass is 19.1. The highest BCUT2D eigenvalue weighted by molar-refractivity contribution is 5.93. The number of rotatable bonds is 6. The summed E-state index contributed by atoms with van der Waals surface area (Å²) in [5, 5.41) is 0.0778. The minimum atomic E-state index is -2.68. The molecular weight excluding hydrogens is 550 g/mol. The molecule has 43 heavy (non-hydrogen) atoms. The summed E-state index contributed by atoms with van der Waals surface area (Å²) in [6.45, 7) is 7.10. The van der Waals surface area contributed by atoms with Gasteiger partial charge in [-0.3, -0.25) is 9.78 Å². The Morgan fingerprint density at radius 1 is 1.19 bits per heavy atom. The number of amides is 1. The molecule has 5 rings (SSSR count). The molecule has 4 heterocycles. The molecule has 8 nitrogen and oxygen atoms in total. The van der Waals surface area contributed by atoms with Gasteiger partial charge in [-0.1, -0.05) is 57.3 Å². The van der Waals surface area contributed by atoms with Gasteiger partial charge in [-0.2, -0.15) is 4.98 Å². The Kier molecular flexibility index (Phi) is 6.37. The first-order valence-corrected chi connectivity index (χ1v) is 13.8. The van der Waals surface area contributed by atoms with Gasteiger partial charge in [0.1, 0.15) is 17.3 Å². The van der Waals surface area contributed by atoms with Gasteiger partial charge in [0, 0.05) is 41.0 Å². The van der Waals surface area contributed by atoms with E-state index in [1.54, 1.807) is 56.9 Å². The maximum atomic E-state index is 16.3. The van der Waals surface area contributed by atoms with Gasteiger partial charge in [-0.25, -0.2) is 23.1 Å². The fourth-order valence-electron chi connectivity index (χ4n) is 5.74. The van der Waals surface area contributed by atoms with E-state index in [0.29, 0.717) is 5.56 Å². The van der Waals surface area contributed by atoms with E-state index in [4.69, 9.17) is 6.85 Å². The summed E-state index contributed by atoms with van der Waals surface area (Å²) < 4.78 is 71.4. The van der Waals surface area contributed by atoms with Crippen molar-refractivity contribution in [2.24, 2.45) is 0 Å². The number of pyridine rings is 2. The predicted molar refractivity (Wildman–Crippen MR) is 165 cm³/mol. The second-order valence-electron chi connectivity index (χ2n) is 10.9. The molecule has 0 saturated carbocycles. The molecule has 3 aromatic heterocycles. The van der Waals surface area contributed by atoms with Gasteiger partial charge in [-0.15, -0.1) is 0 Å². The van der Waals surface area contributed by atoms with E-state index >= 15 is 4.39 Å². The smallest absolute Gasteiger partial charge is 0.347 e. The summed E-state index contributed by atoms with van der Waals surface area (Å²) in [4.78, 5) is 43.2. The topological polar surface area (TPSA) is 84.2 Å². The maximum Gasteiger partial charge on any atom is 0.355 e. The van der Waals surface area contributed by atoms with E-state index in [2.05, 4.69) is 21.5 Å². The molecule has 222 valence electrons. The molecule has 0 N–H and O–H groups in total. The monoisotopic (exact) mass is 589 g/mol. The van der Waals surface area contributed by atoms with E-state index < -0.39 is 48.7 Å². The standard InChI is InChI=1S/C33H34F2N6O2/c1-8-23-11-9-10-12-24(23)28-26(35)15-25-30(37-28)41(29-19(4)13-14-36-27(29)18(2)3)33(43)38-31(25)40-20(5)16-39(17-21(40)6)32(42)22(7)34/h8-15,18,20-21H,1,7,16-17H2,2-6H3/t20-,21-/m0/s1/i1D2,4D3. The fourth-order valence-corrected chi connectivity index (χ4v) is 5.74. The lowest BCUT2D eigenvalue weighted by molar-refractivity contribution is -0.129. The van der Waals surface area contributed by atoms with E-state index in [-0.39, 0.29) is 64.1 Å². The van der Waals surface area contributed by atoms with E-state index in [9.17, 15) is 14.0 Å². The summed E-state index contributed by atoms with van der Waals surface area (Å²) in [6.07, 6.45) is 2.58. The van der Waals surface area contributed by atoms with Crippen LogP contribution in [0.1, 0.15) is 57.3 Å². The minimum absolute atomic E-state index is 0.0441. The van der Waals surface area contributed by atoms with Crippen LogP contribution < -0.4 is 10.6 Å². The first-order chi connectivity index (χ1) is 22.5. The molecule has 1 aliphatic heterocycles. The number of hydrogen-bond donors (Lipinski definition) is 0. The number of carbonyl (C=O) groups is 1. The van der Waals surface area contributed by atoms with Gasteiger partial charge < -0.3 is 9.80 Å². The predicted octanol–water partition coefficient (Wildman–Crippen LogP) is 5.97. The number of halogens is 2. The zero-order valence-electron chi connectivity index (χ0n) is 29.2. The summed E-state index contributed by atoms with van der Waals surface area (Å²) >= 11 is 0. The summed E-state index contributed by atoms with van der Waals surface area (Å²) in [6, 6.07) is 7.88. The molecule has 1 amide bonds. The number of aryl methyl sites for hydroxylation is 1. The highest BCUT2D eigenvalue weighted by Crippen LogP contribution is 2.35. The second kappa shape index (κ2) is 11.5. The van der Waals surface area contributed by atoms with E-state index in [1.807, 2.05) is 0 Å². The molecule has 0 unspecified atom stereocenters. The van der Waals surface area contributed by atoms with Gasteiger partial charge in [-0.05, 0) is 49.9 Å². The normalized spacial score (nSPS) is 18.9. The lowest BCUT2D eigenvalue weighted by Gasteiger charge is -2.45. The molecule has 4 aromatic rings. The lowest BCUT2D eigenvalue weighted by atomic mass is 10.0. The Balaban J connectivity index is 1.89. The molecule has 1 saturated heterocycles. The van der Waals surface area contributed by atoms with E-state index in [1.165, 1.54) is 29.3 Å². The van der Waals surface area contributed by atoms with Gasteiger partial charge in [0.15, 0.2) is 11.5 Å². The summed E-state index contributed by atoms with van der Waals surface area (Å²) in [7, 11) is 0. The zero-order chi connectivity index (χ0) is 35.2. The molecule has 0 spiro atoms. The largest absolute Gasteiger partial charge is 0.355 e. The average Bonchev–Trinajstić information content (AvgIpc) is 2.99. The number of carbonyl (C=O) groups excluding carboxylic acids is 1. The molecule has 0 radical (unpaired) electrons. The third-order valence-corrected chi connectivity index (χ3v) is 7.58. The number of fused-ring (bicyclic) bond motifs is 1. The van der Waals surface area contributed by atoms with Crippen LogP contribution in [0.4, 0.5) is 14.6 Å². The van der Waals surface area contributed by atoms with Crippen molar-refractivity contribution in [3.63, 3.8) is 0 Å². The Morgan fingerprint density at radius 3 is 2.56 bits per heavy atom. The van der Waals surface area contributed by atoms with Crippen LogP contribution in [0.25, 0.3) is 34.1 Å². The van der Waals surface area contributed by atoms with Crippen LogP contribution in [0.5, 0.6) is 0 Å². The van der Waals surface area contributed by atoms with Gasteiger partial charge >= 0.3 is 5.69 Å². The first-order valence-electron chi connectivity index (χ1n) is 16.3. The fraction of sp³-hybridized carbons (Fsp3) is 0.303. The SMILES string of the molecule is [2H]C([2H])=Cc1ccccc1-c1nc2c(cc1F)c(N1[C@@H](C)CN(C(=O)C(=C)F)C[C@@H]1C)nc(=O)n2-c1c(C([2H])([2H])[2H])ccnc1C(C)C. The third kappa shape index (κ3) is 5.22. The van der Waals surface area contributed by atoms with Crippen LogP contribution in [0.2, 0.25) is 0 Å². The molecule has 0 aliphatic carbocycles. The zero-order valence-corrected chi connectivity index (χ0v) is 24.2. The van der Waals surface area contributed by atoms with Crippen LogP contribution in [-0.4, -0.2) is 55.5 Å². The molecule has 10 heteroatoms. The Labute approximate surface area is 256 Å². The van der Waals surface area contributed by atoms with Gasteiger partial charge in [0.2, 0.25) is 0 Å². The van der Waals surface area contributed by atoms with Crippen LogP contribution >= 0.6 is 0 Å². The Morgan fingerprint density at radius 2 is 1.91 bits per heavy atom. The van der Waals surface area contributed by atoms with Crippen LogP contribution in [0, 0.1) is 12.7 Å². The van der Waals surface area contributed by atoms with Crippen molar-refractivity contribution in [1.29, 1.82) is 0 Å². The van der Waals surface area contributed by atoms with Crippen LogP contribution in [-0.2, 0) is 4.79 Å². The highest BCUT2D eigenvalue weighted by Gasteiger charge is 2.35. The first kappa shape index (κ1) is 23.8. The van der Waals surface area contributed by atoms with Gasteiger partial charge in [0.25, 0.3) is 5.91 Å². The number of nitrogens with zero attached hydrogens (tertiary/aromatic N) is 6. The number of anilines is 1. The third-order valence-electron chi connectivity index (χ3n) is 7.58.